The van der Waals surface area contributed by atoms with Gasteiger partial charge in [-0.1, -0.05) is 70.0 Å². The van der Waals surface area contributed by atoms with Crippen molar-refractivity contribution >= 4 is 25.8 Å². The molecule has 0 aliphatic heterocycles. The highest BCUT2D eigenvalue weighted by atomic mass is 16.4. The number of hydrogen-bond donors (Lipinski definition) is 6. The molecule has 2 fully saturated rings. The Labute approximate surface area is 218 Å². The Bertz CT molecular complexity index is 842. The van der Waals surface area contributed by atoms with Crippen LogP contribution in [0.3, 0.4) is 0 Å². The quantitative estimate of drug-likeness (QED) is 0.230. The van der Waals surface area contributed by atoms with Crippen molar-refractivity contribution in [1.29, 1.82) is 0 Å². The summed E-state index contributed by atoms with van der Waals surface area (Å²) in [4.78, 5) is 12.2. The molecule has 1 aromatic rings. The first-order valence-electron chi connectivity index (χ1n) is 13.4. The van der Waals surface area contributed by atoms with E-state index < -0.39 is 7.12 Å². The first-order chi connectivity index (χ1) is 17.0. The fraction of sp³-hybridized carbons (Fsp3) is 0.667. The zero-order valence-electron chi connectivity index (χ0n) is 22.2. The molecule has 199 valence electrons. The van der Waals surface area contributed by atoms with Crippen molar-refractivity contribution in [3.05, 3.63) is 41.6 Å². The zero-order chi connectivity index (χ0) is 26.7. The molecule has 0 aromatic heterocycles. The second kappa shape index (κ2) is 14.8. The largest absolute Gasteiger partial charge is 0.488 e. The number of nitrogens with two attached hydrogens (primary N) is 2. The van der Waals surface area contributed by atoms with Gasteiger partial charge in [-0.2, -0.15) is 0 Å². The molecule has 2 atom stereocenters. The molecular weight excluding hydrogens is 452 g/mol. The molecule has 1 amide bonds. The first kappa shape index (κ1) is 30.4. The number of carbonyl (C=O) groups excluding carboxylic acids is 1. The smallest absolute Gasteiger partial charge is 0.423 e. The Morgan fingerprint density at radius 2 is 1.89 bits per heavy atom. The average Bonchev–Trinajstić information content (AvgIpc) is 3.31. The zero-order valence-corrected chi connectivity index (χ0v) is 22.2. The minimum atomic E-state index is -1.56. The molecule has 9 heteroatoms. The van der Waals surface area contributed by atoms with E-state index in [1.54, 1.807) is 12.1 Å². The van der Waals surface area contributed by atoms with Gasteiger partial charge in [-0.25, -0.2) is 0 Å². The molecule has 2 aliphatic rings. The van der Waals surface area contributed by atoms with E-state index in [-0.39, 0.29) is 24.4 Å². The second-order valence-electron chi connectivity index (χ2n) is 11.1. The van der Waals surface area contributed by atoms with Crippen LogP contribution in [-0.4, -0.2) is 48.1 Å². The van der Waals surface area contributed by atoms with Gasteiger partial charge in [0.15, 0.2) is 0 Å². The molecule has 2 unspecified atom stereocenters. The summed E-state index contributed by atoms with van der Waals surface area (Å²) in [6.07, 6.45) is 10.9. The normalized spacial score (nSPS) is 17.9. The third-order valence-corrected chi connectivity index (χ3v) is 7.53. The molecule has 0 spiro atoms. The van der Waals surface area contributed by atoms with Crippen molar-refractivity contribution in [3.63, 3.8) is 0 Å². The molecule has 8 N–H and O–H groups in total. The minimum Gasteiger partial charge on any atom is -0.423 e. The molecular formula is C27H46B2N3O4. The fourth-order valence-electron chi connectivity index (χ4n) is 4.76. The highest BCUT2D eigenvalue weighted by Crippen LogP contribution is 2.49. The second-order valence-corrected chi connectivity index (χ2v) is 11.1. The number of hydrogen-bond acceptors (Lipinski definition) is 6. The van der Waals surface area contributed by atoms with Crippen LogP contribution in [0.5, 0.6) is 0 Å². The van der Waals surface area contributed by atoms with Crippen molar-refractivity contribution in [2.24, 2.45) is 22.8 Å². The van der Waals surface area contributed by atoms with Gasteiger partial charge in [0, 0.05) is 31.3 Å². The third kappa shape index (κ3) is 11.1. The summed E-state index contributed by atoms with van der Waals surface area (Å²) in [5.74, 6) is 0.843. The Morgan fingerprint density at radius 1 is 1.25 bits per heavy atom. The number of carbonyl (C=O) groups is 1. The van der Waals surface area contributed by atoms with Crippen molar-refractivity contribution in [3.8, 4) is 0 Å². The summed E-state index contributed by atoms with van der Waals surface area (Å²) in [6.45, 7) is 8.36. The number of nitrogens with one attached hydrogen (secondary N) is 1. The first-order valence-corrected chi connectivity index (χ1v) is 13.4. The lowest BCUT2D eigenvalue weighted by Crippen LogP contribution is -2.33. The summed E-state index contributed by atoms with van der Waals surface area (Å²) in [6, 6.07) is 5.23. The van der Waals surface area contributed by atoms with Gasteiger partial charge in [-0.05, 0) is 60.0 Å². The van der Waals surface area contributed by atoms with E-state index in [9.17, 15) is 14.8 Å². The van der Waals surface area contributed by atoms with Gasteiger partial charge in [-0.3, -0.25) is 4.79 Å². The van der Waals surface area contributed by atoms with E-state index >= 15 is 0 Å². The minimum absolute atomic E-state index is 0.00922. The van der Waals surface area contributed by atoms with Gasteiger partial charge < -0.3 is 31.9 Å². The topological polar surface area (TPSA) is 142 Å². The van der Waals surface area contributed by atoms with E-state index in [1.165, 1.54) is 44.9 Å². The summed E-state index contributed by atoms with van der Waals surface area (Å²) in [7, 11) is 0.677. The van der Waals surface area contributed by atoms with E-state index in [1.807, 2.05) is 6.07 Å². The molecule has 1 aromatic carbocycles. The van der Waals surface area contributed by atoms with Gasteiger partial charge in [0.1, 0.15) is 7.28 Å². The lowest BCUT2D eigenvalue weighted by Gasteiger charge is -2.17. The van der Waals surface area contributed by atoms with Crippen LogP contribution in [0.4, 0.5) is 0 Å². The molecule has 0 bridgehead atoms. The predicted octanol–water partition coefficient (Wildman–Crippen LogP) is 2.00. The molecule has 2 aliphatic carbocycles. The van der Waals surface area contributed by atoms with Crippen molar-refractivity contribution < 1.29 is 19.9 Å². The van der Waals surface area contributed by atoms with E-state index in [0.717, 1.165) is 17.4 Å². The molecule has 7 nitrogen and oxygen atoms in total. The summed E-state index contributed by atoms with van der Waals surface area (Å²) >= 11 is 0. The van der Waals surface area contributed by atoms with Crippen LogP contribution < -0.4 is 22.2 Å². The SMILES string of the molecule is C=C(N)C(N)C1CCCC1.CC([B]CCC1(C)CC1)CC(=O)NCc1cc(CCO)cc(B(O)O)c1. The fourth-order valence-corrected chi connectivity index (χ4v) is 4.76. The van der Waals surface area contributed by atoms with E-state index in [4.69, 9.17) is 16.6 Å². The molecule has 36 heavy (non-hydrogen) atoms. The van der Waals surface area contributed by atoms with Crippen molar-refractivity contribution in [2.45, 2.75) is 96.4 Å². The number of aliphatic hydroxyl groups excluding tert-OH is 1. The third-order valence-electron chi connectivity index (χ3n) is 7.53. The molecule has 0 saturated heterocycles. The van der Waals surface area contributed by atoms with Crippen LogP contribution in [0.15, 0.2) is 30.5 Å². The molecule has 1 radical (unpaired) electrons. The van der Waals surface area contributed by atoms with Crippen LogP contribution in [0.2, 0.25) is 12.1 Å². The Morgan fingerprint density at radius 3 is 2.44 bits per heavy atom. The van der Waals surface area contributed by atoms with Crippen LogP contribution in [-0.2, 0) is 17.8 Å². The summed E-state index contributed by atoms with van der Waals surface area (Å²) < 4.78 is 0. The molecule has 0 heterocycles. The highest BCUT2D eigenvalue weighted by Gasteiger charge is 2.36. The molecule has 3 rings (SSSR count). The monoisotopic (exact) mass is 498 g/mol. The van der Waals surface area contributed by atoms with Gasteiger partial charge in [-0.15, -0.1) is 0 Å². The number of rotatable bonds is 13. The number of amides is 1. The maximum Gasteiger partial charge on any atom is 0.488 e. The number of benzene rings is 1. The van der Waals surface area contributed by atoms with Gasteiger partial charge in [0.05, 0.1) is 0 Å². The van der Waals surface area contributed by atoms with Crippen molar-refractivity contribution in [1.82, 2.24) is 5.32 Å². The van der Waals surface area contributed by atoms with Crippen molar-refractivity contribution in [2.75, 3.05) is 6.61 Å². The lowest BCUT2D eigenvalue weighted by atomic mass is 9.59. The number of aliphatic hydroxyl groups is 1. The van der Waals surface area contributed by atoms with Crippen LogP contribution >= 0.6 is 0 Å². The summed E-state index contributed by atoms with van der Waals surface area (Å²) in [5, 5.41) is 30.7. The Balaban J connectivity index is 0.000000380. The Hall–Kier alpha value is -1.80. The van der Waals surface area contributed by atoms with E-state index in [2.05, 4.69) is 33.0 Å². The predicted molar refractivity (Wildman–Crippen MR) is 149 cm³/mol. The van der Waals surface area contributed by atoms with Crippen LogP contribution in [0.25, 0.3) is 0 Å². The van der Waals surface area contributed by atoms with E-state index in [0.29, 0.717) is 41.9 Å². The summed E-state index contributed by atoms with van der Waals surface area (Å²) in [5.41, 5.74) is 14.5. The van der Waals surface area contributed by atoms with Gasteiger partial charge in [0.2, 0.25) is 5.91 Å². The van der Waals surface area contributed by atoms with Crippen LogP contribution in [0, 0.1) is 11.3 Å². The average molecular weight is 498 g/mol. The molecule has 2 saturated carbocycles. The van der Waals surface area contributed by atoms with Gasteiger partial charge in [0.25, 0.3) is 0 Å². The standard InChI is InChI=1S/C19H30B2NO4.C8H16N2/c1-14(20-7-6-19(2)4-5-19)9-18(24)22-13-16-10-15(3-8-23)11-17(12-16)21(25)26;1-6(9)8(10)7-4-2-3-5-7/h10-12,14,23,25-26H,3-9,13H2,1-2H3,(H,22,24);7-8H,1-5,9-10H2. The maximum atomic E-state index is 12.2. The van der Waals surface area contributed by atoms with Gasteiger partial charge >= 0.3 is 7.12 Å². The van der Waals surface area contributed by atoms with Crippen LogP contribution in [0.1, 0.15) is 76.3 Å². The maximum absolute atomic E-state index is 12.2. The lowest BCUT2D eigenvalue weighted by molar-refractivity contribution is -0.121. The highest BCUT2D eigenvalue weighted by molar-refractivity contribution is 6.58. The Kier molecular flexibility index (Phi) is 12.5.